The van der Waals surface area contributed by atoms with Gasteiger partial charge >= 0.3 is 0 Å². The third kappa shape index (κ3) is 3.13. The predicted octanol–water partition coefficient (Wildman–Crippen LogP) is 2.42. The molecule has 0 atom stereocenters. The number of benzene rings is 2. The molecule has 1 N–H and O–H groups in total. The van der Waals surface area contributed by atoms with Crippen LogP contribution in [0.4, 0.5) is 0 Å². The molecule has 3 rings (SSSR count). The summed E-state index contributed by atoms with van der Waals surface area (Å²) in [5.41, 5.74) is 1.37. The van der Waals surface area contributed by atoms with Gasteiger partial charge in [-0.15, -0.1) is 0 Å². The molecule has 6 heteroatoms. The Morgan fingerprint density at radius 3 is 2.50 bits per heavy atom. The molecule has 0 saturated heterocycles. The lowest BCUT2D eigenvalue weighted by atomic mass is 10.1. The van der Waals surface area contributed by atoms with E-state index in [1.807, 2.05) is 31.2 Å². The number of nitrogens with one attached hydrogen (secondary N) is 1. The first-order chi connectivity index (χ1) is 10.5. The third-order valence-corrected chi connectivity index (χ3v) is 4.71. The van der Waals surface area contributed by atoms with E-state index in [9.17, 15) is 8.42 Å². The summed E-state index contributed by atoms with van der Waals surface area (Å²) < 4.78 is 27.3. The standard InChI is InChI=1S/C16H15N3O2S/c1-12-9-18-15(10-17-12)11-19-22(20,21)16-7-6-13-4-2-3-5-14(13)8-16/h2-10,19H,11H2,1H3. The van der Waals surface area contributed by atoms with Crippen LogP contribution in [0.15, 0.2) is 59.8 Å². The summed E-state index contributed by atoms with van der Waals surface area (Å²) in [6.07, 6.45) is 3.18. The van der Waals surface area contributed by atoms with Gasteiger partial charge in [-0.05, 0) is 29.8 Å². The van der Waals surface area contributed by atoms with Gasteiger partial charge in [0.15, 0.2) is 0 Å². The second kappa shape index (κ2) is 5.82. The predicted molar refractivity (Wildman–Crippen MR) is 84.7 cm³/mol. The van der Waals surface area contributed by atoms with Gasteiger partial charge in [-0.3, -0.25) is 9.97 Å². The number of sulfonamides is 1. The van der Waals surface area contributed by atoms with E-state index in [0.717, 1.165) is 16.5 Å². The molecule has 1 heterocycles. The molecule has 0 unspecified atom stereocenters. The first-order valence-corrected chi connectivity index (χ1v) is 8.29. The Balaban J connectivity index is 1.83. The lowest BCUT2D eigenvalue weighted by Gasteiger charge is -2.07. The van der Waals surface area contributed by atoms with Crippen LogP contribution in [0.5, 0.6) is 0 Å². The van der Waals surface area contributed by atoms with E-state index in [4.69, 9.17) is 0 Å². The normalized spacial score (nSPS) is 11.7. The fourth-order valence-corrected chi connectivity index (χ4v) is 3.13. The Hall–Kier alpha value is -2.31. The number of nitrogens with zero attached hydrogens (tertiary/aromatic N) is 2. The minimum atomic E-state index is -3.58. The van der Waals surface area contributed by atoms with Crippen LogP contribution in [0.1, 0.15) is 11.4 Å². The molecule has 1 aromatic heterocycles. The molecule has 0 spiro atoms. The van der Waals surface area contributed by atoms with Gasteiger partial charge in [-0.1, -0.05) is 30.3 Å². The molecule has 0 saturated carbocycles. The van der Waals surface area contributed by atoms with Crippen LogP contribution >= 0.6 is 0 Å². The van der Waals surface area contributed by atoms with Gasteiger partial charge in [0.2, 0.25) is 10.0 Å². The lowest BCUT2D eigenvalue weighted by Crippen LogP contribution is -2.23. The van der Waals surface area contributed by atoms with Crippen LogP contribution in [0, 0.1) is 6.92 Å². The first kappa shape index (κ1) is 14.6. The summed E-state index contributed by atoms with van der Waals surface area (Å²) in [7, 11) is -3.58. The zero-order valence-electron chi connectivity index (χ0n) is 12.0. The number of hydrogen-bond donors (Lipinski definition) is 1. The van der Waals surface area contributed by atoms with Crippen molar-refractivity contribution in [1.29, 1.82) is 0 Å². The van der Waals surface area contributed by atoms with E-state index in [1.165, 1.54) is 0 Å². The highest BCUT2D eigenvalue weighted by atomic mass is 32.2. The maximum atomic E-state index is 12.4. The zero-order valence-corrected chi connectivity index (χ0v) is 12.8. The SMILES string of the molecule is Cc1cnc(CNS(=O)(=O)c2ccc3ccccc3c2)cn1. The highest BCUT2D eigenvalue weighted by Crippen LogP contribution is 2.18. The molecule has 0 bridgehead atoms. The Kier molecular flexibility index (Phi) is 3.87. The van der Waals surface area contributed by atoms with E-state index in [-0.39, 0.29) is 11.4 Å². The number of rotatable bonds is 4. The van der Waals surface area contributed by atoms with Crippen molar-refractivity contribution >= 4 is 20.8 Å². The third-order valence-electron chi connectivity index (χ3n) is 3.31. The summed E-state index contributed by atoms with van der Waals surface area (Å²) >= 11 is 0. The van der Waals surface area contributed by atoms with Gasteiger partial charge in [-0.25, -0.2) is 13.1 Å². The number of hydrogen-bond acceptors (Lipinski definition) is 4. The van der Waals surface area contributed by atoms with Crippen LogP contribution in [0.25, 0.3) is 10.8 Å². The minimum absolute atomic E-state index is 0.114. The van der Waals surface area contributed by atoms with Crippen LogP contribution in [-0.2, 0) is 16.6 Å². The Morgan fingerprint density at radius 1 is 1.00 bits per heavy atom. The molecular weight excluding hydrogens is 298 g/mol. The van der Waals surface area contributed by atoms with E-state index >= 15 is 0 Å². The highest BCUT2D eigenvalue weighted by Gasteiger charge is 2.14. The average Bonchev–Trinajstić information content (AvgIpc) is 2.54. The minimum Gasteiger partial charge on any atom is -0.258 e. The Morgan fingerprint density at radius 2 is 1.77 bits per heavy atom. The fourth-order valence-electron chi connectivity index (χ4n) is 2.10. The summed E-state index contributed by atoms with van der Waals surface area (Å²) in [5, 5.41) is 1.89. The fraction of sp³-hybridized carbons (Fsp3) is 0.125. The maximum Gasteiger partial charge on any atom is 0.240 e. The van der Waals surface area contributed by atoms with Crippen molar-refractivity contribution in [2.45, 2.75) is 18.4 Å². The summed E-state index contributed by atoms with van der Waals surface area (Å²) in [6, 6.07) is 12.7. The second-order valence-corrected chi connectivity index (χ2v) is 6.75. The lowest BCUT2D eigenvalue weighted by molar-refractivity contribution is 0.580. The first-order valence-electron chi connectivity index (χ1n) is 6.81. The molecule has 0 amide bonds. The maximum absolute atomic E-state index is 12.4. The summed E-state index contributed by atoms with van der Waals surface area (Å²) in [6.45, 7) is 1.94. The molecule has 0 aliphatic heterocycles. The monoisotopic (exact) mass is 313 g/mol. The molecule has 5 nitrogen and oxygen atoms in total. The van der Waals surface area contributed by atoms with Crippen molar-refractivity contribution in [1.82, 2.24) is 14.7 Å². The summed E-state index contributed by atoms with van der Waals surface area (Å²) in [5.74, 6) is 0. The molecule has 0 radical (unpaired) electrons. The van der Waals surface area contributed by atoms with E-state index in [1.54, 1.807) is 30.6 Å². The molecule has 0 aliphatic rings. The van der Waals surface area contributed by atoms with Crippen molar-refractivity contribution < 1.29 is 8.42 Å². The molecule has 22 heavy (non-hydrogen) atoms. The average molecular weight is 313 g/mol. The quantitative estimate of drug-likeness (QED) is 0.803. The Bertz CT molecular complexity index is 906. The van der Waals surface area contributed by atoms with Crippen LogP contribution in [0.3, 0.4) is 0 Å². The van der Waals surface area contributed by atoms with Crippen molar-refractivity contribution in [3.8, 4) is 0 Å². The van der Waals surface area contributed by atoms with Crippen LogP contribution < -0.4 is 4.72 Å². The molecule has 2 aromatic carbocycles. The molecule has 0 fully saturated rings. The van der Waals surface area contributed by atoms with Gasteiger partial charge in [0.05, 0.1) is 29.0 Å². The molecule has 3 aromatic rings. The van der Waals surface area contributed by atoms with E-state index < -0.39 is 10.0 Å². The number of aryl methyl sites for hydroxylation is 1. The van der Waals surface area contributed by atoms with Crippen molar-refractivity contribution in [3.63, 3.8) is 0 Å². The van der Waals surface area contributed by atoms with Gasteiger partial charge < -0.3 is 0 Å². The van der Waals surface area contributed by atoms with Gasteiger partial charge in [0, 0.05) is 6.20 Å². The second-order valence-electron chi connectivity index (χ2n) is 4.98. The van der Waals surface area contributed by atoms with Crippen LogP contribution in [0.2, 0.25) is 0 Å². The van der Waals surface area contributed by atoms with Gasteiger partial charge in [-0.2, -0.15) is 0 Å². The van der Waals surface area contributed by atoms with Crippen molar-refractivity contribution in [2.75, 3.05) is 0 Å². The van der Waals surface area contributed by atoms with E-state index in [0.29, 0.717) is 5.69 Å². The smallest absolute Gasteiger partial charge is 0.240 e. The van der Waals surface area contributed by atoms with E-state index in [2.05, 4.69) is 14.7 Å². The van der Waals surface area contributed by atoms with Crippen molar-refractivity contribution in [2.24, 2.45) is 0 Å². The molecule has 0 aliphatic carbocycles. The molecule has 112 valence electrons. The zero-order chi connectivity index (χ0) is 15.6. The van der Waals surface area contributed by atoms with Crippen molar-refractivity contribution in [3.05, 3.63) is 66.2 Å². The van der Waals surface area contributed by atoms with Gasteiger partial charge in [0.1, 0.15) is 0 Å². The van der Waals surface area contributed by atoms with Crippen LogP contribution in [-0.4, -0.2) is 18.4 Å². The van der Waals surface area contributed by atoms with Gasteiger partial charge in [0.25, 0.3) is 0 Å². The molecular formula is C16H15N3O2S. The summed E-state index contributed by atoms with van der Waals surface area (Å²) in [4.78, 5) is 8.47. The number of aromatic nitrogens is 2. The highest BCUT2D eigenvalue weighted by molar-refractivity contribution is 7.89. The number of fused-ring (bicyclic) bond motifs is 1. The largest absolute Gasteiger partial charge is 0.258 e. The Labute approximate surface area is 129 Å². The topological polar surface area (TPSA) is 72.0 Å².